The minimum atomic E-state index is -0.588. The van der Waals surface area contributed by atoms with Gasteiger partial charge in [-0.05, 0) is 0 Å². The minimum absolute atomic E-state index is 0.0793. The lowest BCUT2D eigenvalue weighted by Crippen LogP contribution is -2.21. The zero-order valence-electron chi connectivity index (χ0n) is 6.66. The molecule has 0 saturated heterocycles. The zero-order valence-corrected chi connectivity index (χ0v) is 6.66. The molecule has 1 aromatic heterocycles. The number of rotatable bonds is 2. The molecule has 0 atom stereocenters. The van der Waals surface area contributed by atoms with E-state index in [1.165, 1.54) is 14.2 Å². The number of carbonyl (C=O) groups excluding carboxylic acids is 1. The van der Waals surface area contributed by atoms with Crippen LogP contribution in [-0.4, -0.2) is 17.8 Å². The highest BCUT2D eigenvalue weighted by Gasteiger charge is 2.11. The highest BCUT2D eigenvalue weighted by atomic mass is 16.6. The molecule has 6 nitrogen and oxygen atoms in total. The van der Waals surface area contributed by atoms with Crippen LogP contribution in [-0.2, 0) is 11.9 Å². The Labute approximate surface area is 67.6 Å². The second-order valence-corrected chi connectivity index (χ2v) is 2.07. The van der Waals surface area contributed by atoms with Crippen molar-refractivity contribution >= 4 is 5.91 Å². The SMILES string of the molecule is CONC(=O)c1cc(=O)n(C)o1. The van der Waals surface area contributed by atoms with Gasteiger partial charge in [0.1, 0.15) is 0 Å². The second-order valence-electron chi connectivity index (χ2n) is 2.07. The normalized spacial score (nSPS) is 9.83. The molecule has 0 unspecified atom stereocenters. The van der Waals surface area contributed by atoms with Gasteiger partial charge in [-0.2, -0.15) is 4.74 Å². The van der Waals surface area contributed by atoms with Crippen LogP contribution < -0.4 is 11.0 Å². The number of carbonyl (C=O) groups is 1. The largest absolute Gasteiger partial charge is 0.371 e. The van der Waals surface area contributed by atoms with Gasteiger partial charge in [-0.15, -0.1) is 0 Å². The van der Waals surface area contributed by atoms with E-state index in [1.807, 2.05) is 5.48 Å². The van der Waals surface area contributed by atoms with Gasteiger partial charge >= 0.3 is 5.91 Å². The molecule has 1 aromatic rings. The molecule has 1 amide bonds. The summed E-state index contributed by atoms with van der Waals surface area (Å²) in [6.07, 6.45) is 0. The molecule has 0 saturated carbocycles. The van der Waals surface area contributed by atoms with Gasteiger partial charge in [-0.1, -0.05) is 0 Å². The number of nitrogens with zero attached hydrogens (tertiary/aromatic N) is 1. The first-order valence-electron chi connectivity index (χ1n) is 3.16. The number of hydroxylamine groups is 1. The predicted molar refractivity (Wildman–Crippen MR) is 38.4 cm³/mol. The van der Waals surface area contributed by atoms with Crippen LogP contribution in [0.5, 0.6) is 0 Å². The Morgan fingerprint density at radius 2 is 2.42 bits per heavy atom. The molecule has 1 rings (SSSR count). The van der Waals surface area contributed by atoms with Crippen LogP contribution in [0.2, 0.25) is 0 Å². The highest BCUT2D eigenvalue weighted by molar-refractivity contribution is 5.90. The van der Waals surface area contributed by atoms with E-state index < -0.39 is 5.91 Å². The topological polar surface area (TPSA) is 73.5 Å². The maximum atomic E-state index is 10.9. The van der Waals surface area contributed by atoms with Gasteiger partial charge in [-0.3, -0.25) is 14.4 Å². The third-order valence-corrected chi connectivity index (χ3v) is 1.22. The molecule has 12 heavy (non-hydrogen) atoms. The summed E-state index contributed by atoms with van der Waals surface area (Å²) in [7, 11) is 2.70. The Kier molecular flexibility index (Phi) is 2.29. The van der Waals surface area contributed by atoms with Gasteiger partial charge in [0, 0.05) is 7.05 Å². The highest BCUT2D eigenvalue weighted by Crippen LogP contribution is 1.93. The Hall–Kier alpha value is -1.56. The van der Waals surface area contributed by atoms with Crippen LogP contribution in [0.4, 0.5) is 0 Å². The molecule has 1 heterocycles. The van der Waals surface area contributed by atoms with Gasteiger partial charge < -0.3 is 4.52 Å². The lowest BCUT2D eigenvalue weighted by molar-refractivity contribution is 0.0491. The lowest BCUT2D eigenvalue weighted by Gasteiger charge is -1.95. The number of hydrogen-bond acceptors (Lipinski definition) is 4. The average molecular weight is 172 g/mol. The quantitative estimate of drug-likeness (QED) is 0.597. The van der Waals surface area contributed by atoms with Crippen molar-refractivity contribution in [1.82, 2.24) is 10.2 Å². The Morgan fingerprint density at radius 1 is 1.75 bits per heavy atom. The molecular formula is C6H8N2O4. The monoisotopic (exact) mass is 172 g/mol. The second kappa shape index (κ2) is 3.22. The summed E-state index contributed by atoms with van der Waals surface area (Å²) in [4.78, 5) is 26.1. The summed E-state index contributed by atoms with van der Waals surface area (Å²) >= 11 is 0. The zero-order chi connectivity index (χ0) is 9.14. The van der Waals surface area contributed by atoms with E-state index in [0.717, 1.165) is 10.8 Å². The first-order chi connectivity index (χ1) is 5.65. The number of hydrogen-bond donors (Lipinski definition) is 1. The van der Waals surface area contributed by atoms with E-state index in [9.17, 15) is 9.59 Å². The number of nitrogens with one attached hydrogen (secondary N) is 1. The van der Waals surface area contributed by atoms with Crippen molar-refractivity contribution in [1.29, 1.82) is 0 Å². The van der Waals surface area contributed by atoms with Crippen molar-refractivity contribution in [3.63, 3.8) is 0 Å². The number of aryl methyl sites for hydroxylation is 1. The third-order valence-electron chi connectivity index (χ3n) is 1.22. The van der Waals surface area contributed by atoms with E-state index in [-0.39, 0.29) is 11.3 Å². The fourth-order valence-electron chi connectivity index (χ4n) is 0.672. The van der Waals surface area contributed by atoms with E-state index in [0.29, 0.717) is 0 Å². The Balaban J connectivity index is 2.89. The van der Waals surface area contributed by atoms with Crippen molar-refractivity contribution in [3.05, 3.63) is 22.2 Å². The van der Waals surface area contributed by atoms with Crippen molar-refractivity contribution in [2.45, 2.75) is 0 Å². The fourth-order valence-corrected chi connectivity index (χ4v) is 0.672. The first-order valence-corrected chi connectivity index (χ1v) is 3.16. The summed E-state index contributed by atoms with van der Waals surface area (Å²) in [5, 5.41) is 0. The smallest absolute Gasteiger partial charge is 0.313 e. The molecular weight excluding hydrogens is 164 g/mol. The summed E-state index contributed by atoms with van der Waals surface area (Å²) in [6, 6.07) is 1.08. The molecule has 0 bridgehead atoms. The van der Waals surface area contributed by atoms with Gasteiger partial charge in [0.25, 0.3) is 5.56 Å². The van der Waals surface area contributed by atoms with E-state index in [1.54, 1.807) is 0 Å². The van der Waals surface area contributed by atoms with Gasteiger partial charge in [-0.25, -0.2) is 5.48 Å². The van der Waals surface area contributed by atoms with Crippen LogP contribution in [0.15, 0.2) is 15.4 Å². The minimum Gasteiger partial charge on any atom is -0.371 e. The van der Waals surface area contributed by atoms with Crippen molar-refractivity contribution in [2.24, 2.45) is 7.05 Å². The van der Waals surface area contributed by atoms with Crippen LogP contribution >= 0.6 is 0 Å². The van der Waals surface area contributed by atoms with Crippen molar-refractivity contribution in [3.8, 4) is 0 Å². The third kappa shape index (κ3) is 1.54. The van der Waals surface area contributed by atoms with Gasteiger partial charge in [0.15, 0.2) is 0 Å². The standard InChI is InChI=1S/C6H8N2O4/c1-8-5(9)3-4(12-8)6(10)7-11-2/h3H,1-2H3,(H,7,10). The van der Waals surface area contributed by atoms with Crippen LogP contribution in [0.25, 0.3) is 0 Å². The number of aromatic nitrogens is 1. The van der Waals surface area contributed by atoms with E-state index >= 15 is 0 Å². The molecule has 0 aliphatic heterocycles. The van der Waals surface area contributed by atoms with Crippen LogP contribution in [0.3, 0.4) is 0 Å². The Bertz CT molecular complexity index is 338. The molecule has 1 N–H and O–H groups in total. The van der Waals surface area contributed by atoms with Crippen molar-refractivity contribution in [2.75, 3.05) is 7.11 Å². The summed E-state index contributed by atoms with van der Waals surface area (Å²) in [6.45, 7) is 0. The molecule has 0 radical (unpaired) electrons. The van der Waals surface area contributed by atoms with Crippen LogP contribution in [0, 0.1) is 0 Å². The maximum Gasteiger partial charge on any atom is 0.313 e. The molecule has 0 aromatic carbocycles. The number of amides is 1. The van der Waals surface area contributed by atoms with Crippen molar-refractivity contribution < 1.29 is 14.2 Å². The summed E-state index contributed by atoms with van der Waals surface area (Å²) < 4.78 is 5.69. The molecule has 0 spiro atoms. The van der Waals surface area contributed by atoms with Gasteiger partial charge in [0.2, 0.25) is 5.76 Å². The lowest BCUT2D eigenvalue weighted by atomic mass is 10.4. The Morgan fingerprint density at radius 3 is 2.83 bits per heavy atom. The molecule has 0 aliphatic rings. The fraction of sp³-hybridized carbons (Fsp3) is 0.333. The predicted octanol–water partition coefficient (Wildman–Crippen LogP) is -0.730. The van der Waals surface area contributed by atoms with E-state index in [4.69, 9.17) is 4.52 Å². The van der Waals surface area contributed by atoms with E-state index in [2.05, 4.69) is 4.84 Å². The molecule has 6 heteroatoms. The van der Waals surface area contributed by atoms with Gasteiger partial charge in [0.05, 0.1) is 13.2 Å². The molecule has 66 valence electrons. The first kappa shape index (κ1) is 8.54. The molecule has 0 fully saturated rings. The molecule has 0 aliphatic carbocycles. The summed E-state index contributed by atoms with van der Waals surface area (Å²) in [5.41, 5.74) is 1.64. The average Bonchev–Trinajstić information content (AvgIpc) is 2.33. The van der Waals surface area contributed by atoms with Crippen LogP contribution in [0.1, 0.15) is 10.6 Å². The summed E-state index contributed by atoms with van der Waals surface area (Å²) in [5.74, 6) is -0.667. The maximum absolute atomic E-state index is 10.9.